The number of ether oxygens (including phenoxy) is 1. The summed E-state index contributed by atoms with van der Waals surface area (Å²) in [6.45, 7) is 10.8. The molecular formula is C23H25N5O3S. The van der Waals surface area contributed by atoms with E-state index in [1.165, 1.54) is 16.9 Å². The van der Waals surface area contributed by atoms with E-state index >= 15 is 0 Å². The number of carbonyl (C=O) groups excluding carboxylic acids is 1. The fourth-order valence-corrected chi connectivity index (χ4v) is 3.95. The molecule has 1 aromatic carbocycles. The molecule has 0 radical (unpaired) electrons. The SMILES string of the molecule is CCn1cc(-c2csc(NC(=O)c3noc(C)c3COc3ccc(C)c(C)c3)n2)c(C)n1. The number of nitrogens with zero attached hydrogens (tertiary/aromatic N) is 4. The average molecular weight is 452 g/mol. The molecule has 8 nitrogen and oxygen atoms in total. The van der Waals surface area contributed by atoms with Crippen molar-refractivity contribution in [3.05, 3.63) is 63.6 Å². The van der Waals surface area contributed by atoms with Crippen molar-refractivity contribution in [3.63, 3.8) is 0 Å². The lowest BCUT2D eigenvalue weighted by Crippen LogP contribution is -2.15. The number of benzene rings is 1. The normalized spacial score (nSPS) is 11.0. The van der Waals surface area contributed by atoms with Gasteiger partial charge in [-0.2, -0.15) is 5.10 Å². The molecule has 0 saturated heterocycles. The third kappa shape index (κ3) is 4.43. The first-order valence-electron chi connectivity index (χ1n) is 10.3. The Morgan fingerprint density at radius 1 is 1.22 bits per heavy atom. The van der Waals surface area contributed by atoms with Gasteiger partial charge in [-0.1, -0.05) is 11.2 Å². The van der Waals surface area contributed by atoms with Gasteiger partial charge in [0, 0.05) is 23.7 Å². The number of hydrogen-bond acceptors (Lipinski definition) is 7. The molecule has 0 unspecified atom stereocenters. The third-order valence-corrected chi connectivity index (χ3v) is 6.09. The standard InChI is InChI=1S/C23H25N5O3S/c1-6-28-10-18(15(4)26-28)20-12-32-23(24-20)25-22(29)21-19(16(5)31-27-21)11-30-17-8-7-13(2)14(3)9-17/h7-10,12H,6,11H2,1-5H3,(H,24,25,29). The van der Waals surface area contributed by atoms with Crippen molar-refractivity contribution in [2.45, 2.75) is 47.8 Å². The Hall–Kier alpha value is -3.46. The number of carbonyl (C=O) groups is 1. The minimum absolute atomic E-state index is 0.180. The zero-order valence-corrected chi connectivity index (χ0v) is 19.5. The van der Waals surface area contributed by atoms with Crippen LogP contribution < -0.4 is 10.1 Å². The van der Waals surface area contributed by atoms with Gasteiger partial charge in [0.2, 0.25) is 0 Å². The van der Waals surface area contributed by atoms with Crippen LogP contribution in [0.15, 0.2) is 34.3 Å². The summed E-state index contributed by atoms with van der Waals surface area (Å²) in [6.07, 6.45) is 1.96. The molecule has 4 rings (SSSR count). The van der Waals surface area contributed by atoms with Gasteiger partial charge in [0.25, 0.3) is 5.91 Å². The molecule has 0 aliphatic rings. The van der Waals surface area contributed by atoms with E-state index in [2.05, 4.69) is 20.6 Å². The molecule has 9 heteroatoms. The van der Waals surface area contributed by atoms with Gasteiger partial charge in [0.15, 0.2) is 10.8 Å². The van der Waals surface area contributed by atoms with Gasteiger partial charge in [-0.05, 0) is 57.9 Å². The monoisotopic (exact) mass is 451 g/mol. The molecule has 1 N–H and O–H groups in total. The van der Waals surface area contributed by atoms with Crippen LogP contribution in [-0.4, -0.2) is 25.8 Å². The summed E-state index contributed by atoms with van der Waals surface area (Å²) in [4.78, 5) is 17.4. The Morgan fingerprint density at radius 3 is 2.75 bits per heavy atom. The number of thiazole rings is 1. The number of rotatable bonds is 7. The molecule has 3 heterocycles. The minimum atomic E-state index is -0.387. The average Bonchev–Trinajstić information content (AvgIpc) is 3.47. The summed E-state index contributed by atoms with van der Waals surface area (Å²) < 4.78 is 13.0. The Kier molecular flexibility index (Phi) is 6.09. The van der Waals surface area contributed by atoms with Gasteiger partial charge in [-0.25, -0.2) is 4.98 Å². The minimum Gasteiger partial charge on any atom is -0.489 e. The van der Waals surface area contributed by atoms with Crippen molar-refractivity contribution >= 4 is 22.4 Å². The Bertz CT molecular complexity index is 1270. The van der Waals surface area contributed by atoms with Crippen molar-refractivity contribution in [1.82, 2.24) is 19.9 Å². The number of amides is 1. The largest absolute Gasteiger partial charge is 0.489 e. The molecule has 32 heavy (non-hydrogen) atoms. The number of aryl methyl sites for hydroxylation is 5. The highest BCUT2D eigenvalue weighted by Crippen LogP contribution is 2.28. The molecule has 4 aromatic rings. The van der Waals surface area contributed by atoms with E-state index in [-0.39, 0.29) is 18.2 Å². The summed E-state index contributed by atoms with van der Waals surface area (Å²) >= 11 is 1.35. The molecular weight excluding hydrogens is 426 g/mol. The fraction of sp³-hybridized carbons (Fsp3) is 0.304. The van der Waals surface area contributed by atoms with Crippen molar-refractivity contribution in [1.29, 1.82) is 0 Å². The van der Waals surface area contributed by atoms with Crippen LogP contribution in [0.4, 0.5) is 5.13 Å². The lowest BCUT2D eigenvalue weighted by Gasteiger charge is -2.08. The van der Waals surface area contributed by atoms with Crippen molar-refractivity contribution < 1.29 is 14.1 Å². The van der Waals surface area contributed by atoms with E-state index in [9.17, 15) is 4.79 Å². The van der Waals surface area contributed by atoms with Gasteiger partial charge in [-0.3, -0.25) is 14.8 Å². The first kappa shape index (κ1) is 21.8. The molecule has 0 aliphatic carbocycles. The summed E-state index contributed by atoms with van der Waals surface area (Å²) in [6, 6.07) is 5.88. The van der Waals surface area contributed by atoms with E-state index in [0.717, 1.165) is 34.8 Å². The van der Waals surface area contributed by atoms with Crippen molar-refractivity contribution in [2.24, 2.45) is 0 Å². The fourth-order valence-electron chi connectivity index (χ4n) is 3.24. The Morgan fingerprint density at radius 2 is 2.03 bits per heavy atom. The van der Waals surface area contributed by atoms with E-state index in [1.807, 2.05) is 62.2 Å². The highest BCUT2D eigenvalue weighted by Gasteiger charge is 2.22. The van der Waals surface area contributed by atoms with Crippen LogP contribution in [0.2, 0.25) is 0 Å². The maximum absolute atomic E-state index is 12.9. The molecule has 0 aliphatic heterocycles. The second-order valence-electron chi connectivity index (χ2n) is 7.58. The topological polar surface area (TPSA) is 95.1 Å². The Labute approximate surface area is 190 Å². The molecule has 166 valence electrons. The van der Waals surface area contributed by atoms with Crippen LogP contribution in [0.3, 0.4) is 0 Å². The highest BCUT2D eigenvalue weighted by atomic mass is 32.1. The second-order valence-corrected chi connectivity index (χ2v) is 8.43. The number of anilines is 1. The summed E-state index contributed by atoms with van der Waals surface area (Å²) in [5, 5.41) is 13.6. The van der Waals surface area contributed by atoms with E-state index < -0.39 is 0 Å². The maximum Gasteiger partial charge on any atom is 0.280 e. The van der Waals surface area contributed by atoms with Gasteiger partial charge >= 0.3 is 0 Å². The zero-order valence-electron chi connectivity index (χ0n) is 18.7. The molecule has 3 aromatic heterocycles. The van der Waals surface area contributed by atoms with Crippen LogP contribution >= 0.6 is 11.3 Å². The van der Waals surface area contributed by atoms with Crippen LogP contribution in [0.25, 0.3) is 11.3 Å². The van der Waals surface area contributed by atoms with Crippen LogP contribution in [-0.2, 0) is 13.2 Å². The van der Waals surface area contributed by atoms with Crippen molar-refractivity contribution in [3.8, 4) is 17.0 Å². The predicted octanol–water partition coefficient (Wildman–Crippen LogP) is 5.08. The van der Waals surface area contributed by atoms with E-state index in [4.69, 9.17) is 9.26 Å². The lowest BCUT2D eigenvalue weighted by molar-refractivity contribution is 0.101. The summed E-state index contributed by atoms with van der Waals surface area (Å²) in [5.41, 5.74) is 5.75. The third-order valence-electron chi connectivity index (χ3n) is 5.33. The molecule has 0 bridgehead atoms. The lowest BCUT2D eigenvalue weighted by atomic mass is 10.1. The van der Waals surface area contributed by atoms with Crippen LogP contribution in [0.1, 0.15) is 45.6 Å². The first-order valence-corrected chi connectivity index (χ1v) is 11.2. The smallest absolute Gasteiger partial charge is 0.280 e. The molecule has 0 saturated carbocycles. The Balaban J connectivity index is 1.48. The number of aromatic nitrogens is 4. The molecule has 0 spiro atoms. The first-order chi connectivity index (χ1) is 15.4. The van der Waals surface area contributed by atoms with Gasteiger partial charge in [0.05, 0.1) is 17.0 Å². The van der Waals surface area contributed by atoms with Crippen LogP contribution in [0.5, 0.6) is 5.75 Å². The number of nitrogens with one attached hydrogen (secondary N) is 1. The van der Waals surface area contributed by atoms with Crippen LogP contribution in [0, 0.1) is 27.7 Å². The van der Waals surface area contributed by atoms with Crippen molar-refractivity contribution in [2.75, 3.05) is 5.32 Å². The predicted molar refractivity (Wildman–Crippen MR) is 123 cm³/mol. The summed E-state index contributed by atoms with van der Waals surface area (Å²) in [7, 11) is 0. The number of hydrogen-bond donors (Lipinski definition) is 1. The second kappa shape index (κ2) is 8.96. The van der Waals surface area contributed by atoms with E-state index in [1.54, 1.807) is 6.92 Å². The summed E-state index contributed by atoms with van der Waals surface area (Å²) in [5.74, 6) is 0.886. The maximum atomic E-state index is 12.9. The molecule has 1 amide bonds. The quantitative estimate of drug-likeness (QED) is 0.421. The molecule has 0 atom stereocenters. The van der Waals surface area contributed by atoms with E-state index in [0.29, 0.717) is 16.5 Å². The zero-order chi connectivity index (χ0) is 22.8. The van der Waals surface area contributed by atoms with Gasteiger partial charge in [-0.15, -0.1) is 11.3 Å². The molecule has 0 fully saturated rings. The van der Waals surface area contributed by atoms with Gasteiger partial charge in [0.1, 0.15) is 18.1 Å². The van der Waals surface area contributed by atoms with Gasteiger partial charge < -0.3 is 9.26 Å². The highest BCUT2D eigenvalue weighted by molar-refractivity contribution is 7.14.